The Morgan fingerprint density at radius 3 is 2.55 bits per heavy atom. The van der Waals surface area contributed by atoms with Crippen molar-refractivity contribution in [1.29, 1.82) is 0 Å². The van der Waals surface area contributed by atoms with E-state index >= 15 is 0 Å². The lowest BCUT2D eigenvalue weighted by atomic mass is 9.96. The Morgan fingerprint density at radius 2 is 1.90 bits per heavy atom. The van der Waals surface area contributed by atoms with Crippen molar-refractivity contribution in [2.24, 2.45) is 0 Å². The molecular weight excluding hydrogens is 248 g/mol. The molecule has 2 aromatic carbocycles. The molecule has 100 valence electrons. The lowest BCUT2D eigenvalue weighted by Gasteiger charge is -2.15. The highest BCUT2D eigenvalue weighted by Crippen LogP contribution is 2.31. The molecule has 1 aromatic heterocycles. The van der Waals surface area contributed by atoms with Gasteiger partial charge < -0.3 is 9.67 Å². The van der Waals surface area contributed by atoms with Crippen molar-refractivity contribution in [3.63, 3.8) is 0 Å². The van der Waals surface area contributed by atoms with Crippen LogP contribution in [0.2, 0.25) is 0 Å². The van der Waals surface area contributed by atoms with E-state index in [1.807, 2.05) is 22.9 Å². The molecule has 0 saturated carbocycles. The van der Waals surface area contributed by atoms with Crippen molar-refractivity contribution < 1.29 is 5.11 Å². The first-order chi connectivity index (χ1) is 9.79. The van der Waals surface area contributed by atoms with Crippen LogP contribution in [0.15, 0.2) is 61.2 Å². The number of aryl methyl sites for hydroxylation is 1. The van der Waals surface area contributed by atoms with Crippen molar-refractivity contribution >= 4 is 0 Å². The van der Waals surface area contributed by atoms with Gasteiger partial charge in [0.1, 0.15) is 5.75 Å². The molecule has 0 amide bonds. The van der Waals surface area contributed by atoms with Gasteiger partial charge in [0.2, 0.25) is 0 Å². The maximum absolute atomic E-state index is 9.47. The predicted molar refractivity (Wildman–Crippen MR) is 80.0 cm³/mol. The first-order valence-electron chi connectivity index (χ1n) is 6.69. The van der Waals surface area contributed by atoms with Gasteiger partial charge in [0.25, 0.3) is 0 Å². The van der Waals surface area contributed by atoms with Crippen LogP contribution >= 0.6 is 0 Å². The number of imidazole rings is 1. The summed E-state index contributed by atoms with van der Waals surface area (Å²) in [6.45, 7) is 2.15. The Balaban J connectivity index is 2.24. The van der Waals surface area contributed by atoms with Crippen LogP contribution in [0.1, 0.15) is 12.5 Å². The third-order valence-corrected chi connectivity index (χ3v) is 3.45. The summed E-state index contributed by atoms with van der Waals surface area (Å²) >= 11 is 0. The Kier molecular flexibility index (Phi) is 3.25. The number of rotatable bonds is 3. The molecule has 1 heterocycles. The summed E-state index contributed by atoms with van der Waals surface area (Å²) in [7, 11) is 0. The lowest BCUT2D eigenvalue weighted by Crippen LogP contribution is -1.98. The fraction of sp³-hybridized carbons (Fsp3) is 0.118. The summed E-state index contributed by atoms with van der Waals surface area (Å²) in [5.41, 5.74) is 4.67. The van der Waals surface area contributed by atoms with Gasteiger partial charge in [0.05, 0.1) is 12.0 Å². The minimum Gasteiger partial charge on any atom is -0.508 e. The van der Waals surface area contributed by atoms with Crippen molar-refractivity contribution in [3.05, 3.63) is 66.7 Å². The van der Waals surface area contributed by atoms with E-state index in [0.717, 1.165) is 17.7 Å². The molecular formula is C17H16N2O. The molecule has 20 heavy (non-hydrogen) atoms. The van der Waals surface area contributed by atoms with Crippen LogP contribution in [-0.2, 0) is 6.42 Å². The van der Waals surface area contributed by atoms with Crippen LogP contribution < -0.4 is 0 Å². The standard InChI is InChI=1S/C17H16N2O/c1-2-13-4-3-5-16(19-11-10-18-12-19)17(13)14-6-8-15(20)9-7-14/h3-12,20H,2H2,1H3. The van der Waals surface area contributed by atoms with Crippen molar-refractivity contribution in [1.82, 2.24) is 9.55 Å². The molecule has 0 radical (unpaired) electrons. The van der Waals surface area contributed by atoms with E-state index in [1.54, 1.807) is 24.7 Å². The molecule has 0 atom stereocenters. The van der Waals surface area contributed by atoms with E-state index in [4.69, 9.17) is 0 Å². The molecule has 0 aliphatic rings. The SMILES string of the molecule is CCc1cccc(-n2ccnc2)c1-c1ccc(O)cc1. The molecule has 0 unspecified atom stereocenters. The summed E-state index contributed by atoms with van der Waals surface area (Å²) in [4.78, 5) is 4.13. The maximum atomic E-state index is 9.47. The number of hydrogen-bond donors (Lipinski definition) is 1. The predicted octanol–water partition coefficient (Wildman–Crippen LogP) is 3.81. The monoisotopic (exact) mass is 264 g/mol. The summed E-state index contributed by atoms with van der Waals surface area (Å²) < 4.78 is 2.02. The van der Waals surface area contributed by atoms with E-state index in [1.165, 1.54) is 11.1 Å². The van der Waals surface area contributed by atoms with Gasteiger partial charge in [0.15, 0.2) is 0 Å². The fourth-order valence-electron chi connectivity index (χ4n) is 2.46. The number of benzene rings is 2. The second-order valence-corrected chi connectivity index (χ2v) is 4.68. The van der Waals surface area contributed by atoms with Gasteiger partial charge in [-0.25, -0.2) is 4.98 Å². The highest BCUT2D eigenvalue weighted by atomic mass is 16.3. The molecule has 3 rings (SSSR count). The number of aromatic nitrogens is 2. The van der Waals surface area contributed by atoms with Gasteiger partial charge in [-0.3, -0.25) is 0 Å². The summed E-state index contributed by atoms with van der Waals surface area (Å²) in [5.74, 6) is 0.284. The van der Waals surface area contributed by atoms with E-state index in [0.29, 0.717) is 0 Å². The number of phenolic OH excluding ortho intramolecular Hbond substituents is 1. The third-order valence-electron chi connectivity index (χ3n) is 3.45. The molecule has 0 fully saturated rings. The zero-order chi connectivity index (χ0) is 13.9. The van der Waals surface area contributed by atoms with Gasteiger partial charge in [-0.2, -0.15) is 0 Å². The van der Waals surface area contributed by atoms with E-state index in [2.05, 4.69) is 30.1 Å². The van der Waals surface area contributed by atoms with Crippen molar-refractivity contribution in [3.8, 4) is 22.6 Å². The molecule has 0 aliphatic carbocycles. The van der Waals surface area contributed by atoms with Gasteiger partial charge in [-0.05, 0) is 35.7 Å². The van der Waals surface area contributed by atoms with E-state index in [9.17, 15) is 5.11 Å². The molecule has 3 aromatic rings. The summed E-state index contributed by atoms with van der Waals surface area (Å²) in [6, 6.07) is 13.6. The smallest absolute Gasteiger partial charge is 0.115 e. The molecule has 0 aliphatic heterocycles. The van der Waals surface area contributed by atoms with Crippen molar-refractivity contribution in [2.45, 2.75) is 13.3 Å². The molecule has 0 spiro atoms. The van der Waals surface area contributed by atoms with Crippen LogP contribution in [0.4, 0.5) is 0 Å². The largest absolute Gasteiger partial charge is 0.508 e. The average Bonchev–Trinajstić information content (AvgIpc) is 3.01. The Labute approximate surface area is 118 Å². The normalized spacial score (nSPS) is 10.7. The second-order valence-electron chi connectivity index (χ2n) is 4.68. The summed E-state index contributed by atoms with van der Waals surface area (Å²) in [5, 5.41) is 9.47. The van der Waals surface area contributed by atoms with Crippen LogP contribution in [-0.4, -0.2) is 14.7 Å². The van der Waals surface area contributed by atoms with Crippen LogP contribution in [0.25, 0.3) is 16.8 Å². The first kappa shape index (κ1) is 12.5. The second kappa shape index (κ2) is 5.21. The molecule has 0 bridgehead atoms. The zero-order valence-electron chi connectivity index (χ0n) is 11.3. The quantitative estimate of drug-likeness (QED) is 0.781. The Bertz CT molecular complexity index is 700. The highest BCUT2D eigenvalue weighted by Gasteiger charge is 2.11. The number of aromatic hydroxyl groups is 1. The van der Waals surface area contributed by atoms with Gasteiger partial charge in [-0.15, -0.1) is 0 Å². The van der Waals surface area contributed by atoms with E-state index in [-0.39, 0.29) is 5.75 Å². The third kappa shape index (κ3) is 2.18. The number of phenols is 1. The van der Waals surface area contributed by atoms with E-state index < -0.39 is 0 Å². The molecule has 3 heteroatoms. The maximum Gasteiger partial charge on any atom is 0.115 e. The molecule has 1 N–H and O–H groups in total. The van der Waals surface area contributed by atoms with Crippen LogP contribution in [0, 0.1) is 0 Å². The number of nitrogens with zero attached hydrogens (tertiary/aromatic N) is 2. The lowest BCUT2D eigenvalue weighted by molar-refractivity contribution is 0.475. The van der Waals surface area contributed by atoms with Crippen molar-refractivity contribution in [2.75, 3.05) is 0 Å². The first-order valence-corrected chi connectivity index (χ1v) is 6.69. The average molecular weight is 264 g/mol. The highest BCUT2D eigenvalue weighted by molar-refractivity contribution is 5.76. The number of hydrogen-bond acceptors (Lipinski definition) is 2. The zero-order valence-corrected chi connectivity index (χ0v) is 11.3. The van der Waals surface area contributed by atoms with Gasteiger partial charge in [-0.1, -0.05) is 31.2 Å². The Hall–Kier alpha value is -2.55. The topological polar surface area (TPSA) is 38.0 Å². The van der Waals surface area contributed by atoms with Crippen LogP contribution in [0.3, 0.4) is 0 Å². The Morgan fingerprint density at radius 1 is 1.10 bits per heavy atom. The van der Waals surface area contributed by atoms with Gasteiger partial charge >= 0.3 is 0 Å². The molecule has 3 nitrogen and oxygen atoms in total. The van der Waals surface area contributed by atoms with Crippen LogP contribution in [0.5, 0.6) is 5.75 Å². The molecule has 0 saturated heterocycles. The summed E-state index contributed by atoms with van der Waals surface area (Å²) in [6.07, 6.45) is 6.48. The minimum absolute atomic E-state index is 0.284. The minimum atomic E-state index is 0.284. The van der Waals surface area contributed by atoms with Gasteiger partial charge in [0, 0.05) is 18.0 Å². The fourth-order valence-corrected chi connectivity index (χ4v) is 2.46.